The van der Waals surface area contributed by atoms with E-state index in [0.29, 0.717) is 65.3 Å². The molecule has 1 saturated carbocycles. The number of hydrogen-bond acceptors (Lipinski definition) is 7. The Labute approximate surface area is 292 Å². The summed E-state index contributed by atoms with van der Waals surface area (Å²) in [6.45, 7) is 1.71. The first-order valence-electron chi connectivity index (χ1n) is 16.2. The molecule has 0 radical (unpaired) electrons. The van der Waals surface area contributed by atoms with E-state index >= 15 is 0 Å². The summed E-state index contributed by atoms with van der Waals surface area (Å²) in [6, 6.07) is 17.2. The van der Waals surface area contributed by atoms with E-state index in [0.717, 1.165) is 39.8 Å². The summed E-state index contributed by atoms with van der Waals surface area (Å²) < 4.78 is 22.8. The molecule has 3 aromatic heterocycles. The predicted molar refractivity (Wildman–Crippen MR) is 189 cm³/mol. The van der Waals surface area contributed by atoms with Gasteiger partial charge in [0.05, 0.1) is 29.4 Å². The zero-order chi connectivity index (χ0) is 34.3. The van der Waals surface area contributed by atoms with Crippen molar-refractivity contribution in [3.8, 4) is 39.4 Å². The van der Waals surface area contributed by atoms with Crippen LogP contribution in [0.25, 0.3) is 39.0 Å². The molecule has 1 aliphatic heterocycles. The standard InChI is InChI=1S/C36H36Cl2FN7O3/c1-45-30(18-41-20-36(39)13-14-36)44-46-19-22(15-29(46)35(45)48)24-5-3-6-25(32(24)37)26-7-4-8-27(33(26)38)28-11-9-21(34(43-28)49-2)16-40-17-23-10-12-31(47)42-23/h3-9,11,15,19,23,40-41H,10,12-14,16-18,20H2,1-2H3,(H,42,47)/t23-/m1/s1. The Morgan fingerprint density at radius 3 is 2.41 bits per heavy atom. The minimum Gasteiger partial charge on any atom is -0.481 e. The van der Waals surface area contributed by atoms with E-state index in [1.165, 1.54) is 4.57 Å². The van der Waals surface area contributed by atoms with Gasteiger partial charge >= 0.3 is 0 Å². The lowest BCUT2D eigenvalue weighted by Gasteiger charge is -2.15. The molecule has 0 spiro atoms. The maximum atomic E-state index is 14.1. The van der Waals surface area contributed by atoms with Crippen LogP contribution in [0.15, 0.2) is 65.6 Å². The smallest absolute Gasteiger partial charge is 0.277 e. The number of benzene rings is 2. The van der Waals surface area contributed by atoms with E-state index in [4.69, 9.17) is 32.9 Å². The molecule has 1 saturated heterocycles. The summed E-state index contributed by atoms with van der Waals surface area (Å²) in [4.78, 5) is 29.5. The Hall–Kier alpha value is -4.29. The van der Waals surface area contributed by atoms with Crippen molar-refractivity contribution in [2.24, 2.45) is 7.05 Å². The van der Waals surface area contributed by atoms with Crippen LogP contribution in [0.5, 0.6) is 5.88 Å². The van der Waals surface area contributed by atoms with Gasteiger partial charge in [-0.1, -0.05) is 65.7 Å². The SMILES string of the molecule is COc1nc(-c2cccc(-c3cccc(-c4cc5c(=O)n(C)c(CNCC6(F)CC6)nn5c4)c3Cl)c2Cl)ccc1CNC[C@H]1CCC(=O)N1. The molecule has 1 atom stereocenters. The normalized spacial score (nSPS) is 16.7. The van der Waals surface area contributed by atoms with Gasteiger partial charge in [0.25, 0.3) is 5.56 Å². The number of halogens is 3. The van der Waals surface area contributed by atoms with Gasteiger partial charge in [0, 0.05) is 78.7 Å². The second-order valence-electron chi connectivity index (χ2n) is 12.7. The monoisotopic (exact) mass is 703 g/mol. The lowest BCUT2D eigenvalue weighted by Crippen LogP contribution is -2.35. The van der Waals surface area contributed by atoms with E-state index in [2.05, 4.69) is 21.0 Å². The van der Waals surface area contributed by atoms with Crippen LogP contribution in [0.4, 0.5) is 4.39 Å². The zero-order valence-electron chi connectivity index (χ0n) is 27.2. The number of amides is 1. The van der Waals surface area contributed by atoms with Crippen LogP contribution < -0.4 is 26.2 Å². The van der Waals surface area contributed by atoms with Crippen molar-refractivity contribution in [2.75, 3.05) is 20.2 Å². The highest BCUT2D eigenvalue weighted by Crippen LogP contribution is 2.42. The molecule has 2 aliphatic rings. The Morgan fingerprint density at radius 1 is 1.00 bits per heavy atom. The van der Waals surface area contributed by atoms with Gasteiger partial charge in [0.15, 0.2) is 0 Å². The molecular formula is C36H36Cl2FN7O3. The van der Waals surface area contributed by atoms with Crippen LogP contribution in [0.1, 0.15) is 37.1 Å². The number of carbonyl (C=O) groups is 1. The van der Waals surface area contributed by atoms with Crippen molar-refractivity contribution in [1.82, 2.24) is 35.1 Å². The Morgan fingerprint density at radius 2 is 1.71 bits per heavy atom. The van der Waals surface area contributed by atoms with Crippen molar-refractivity contribution >= 4 is 34.6 Å². The van der Waals surface area contributed by atoms with Crippen LogP contribution in [0, 0.1) is 0 Å². The molecule has 1 aliphatic carbocycles. The van der Waals surface area contributed by atoms with Crippen LogP contribution in [-0.4, -0.2) is 57.0 Å². The molecule has 49 heavy (non-hydrogen) atoms. The quantitative estimate of drug-likeness (QED) is 0.153. The molecule has 4 heterocycles. The molecular weight excluding hydrogens is 668 g/mol. The second kappa shape index (κ2) is 13.5. The maximum Gasteiger partial charge on any atom is 0.277 e. The van der Waals surface area contributed by atoms with E-state index in [-0.39, 0.29) is 30.6 Å². The van der Waals surface area contributed by atoms with Crippen LogP contribution >= 0.6 is 23.2 Å². The Kier molecular flexibility index (Phi) is 9.19. The first kappa shape index (κ1) is 33.2. The molecule has 7 rings (SSSR count). The summed E-state index contributed by atoms with van der Waals surface area (Å²) in [5, 5.41) is 15.0. The van der Waals surface area contributed by atoms with Gasteiger partial charge in [0.2, 0.25) is 11.8 Å². The number of methoxy groups -OCH3 is 1. The molecule has 3 N–H and O–H groups in total. The average Bonchev–Trinajstić information content (AvgIpc) is 3.45. The zero-order valence-corrected chi connectivity index (χ0v) is 28.7. The third-order valence-corrected chi connectivity index (χ3v) is 10.1. The van der Waals surface area contributed by atoms with Crippen molar-refractivity contribution in [1.29, 1.82) is 0 Å². The van der Waals surface area contributed by atoms with Crippen molar-refractivity contribution in [2.45, 2.75) is 50.5 Å². The number of rotatable bonds is 12. The van der Waals surface area contributed by atoms with Gasteiger partial charge in [-0.15, -0.1) is 0 Å². The molecule has 0 unspecified atom stereocenters. The predicted octanol–water partition coefficient (Wildman–Crippen LogP) is 5.70. The molecule has 10 nitrogen and oxygen atoms in total. The van der Waals surface area contributed by atoms with Gasteiger partial charge < -0.3 is 20.7 Å². The van der Waals surface area contributed by atoms with Crippen molar-refractivity contribution in [3.05, 3.63) is 92.6 Å². The first-order chi connectivity index (χ1) is 23.6. The van der Waals surface area contributed by atoms with E-state index < -0.39 is 5.67 Å². The number of carbonyl (C=O) groups excluding carboxylic acids is 1. The lowest BCUT2D eigenvalue weighted by atomic mass is 9.97. The number of alkyl halides is 1. The number of nitrogens with one attached hydrogen (secondary N) is 3. The van der Waals surface area contributed by atoms with Crippen molar-refractivity contribution < 1.29 is 13.9 Å². The molecule has 5 aromatic rings. The van der Waals surface area contributed by atoms with E-state index in [9.17, 15) is 14.0 Å². The molecule has 254 valence electrons. The second-order valence-corrected chi connectivity index (χ2v) is 13.5. The first-order valence-corrected chi connectivity index (χ1v) is 17.0. The number of fused-ring (bicyclic) bond motifs is 1. The highest BCUT2D eigenvalue weighted by molar-refractivity contribution is 6.39. The number of aromatic nitrogens is 4. The fraction of sp³-hybridized carbons (Fsp3) is 0.333. The van der Waals surface area contributed by atoms with Gasteiger partial charge in [-0.3, -0.25) is 14.2 Å². The number of nitrogens with zero attached hydrogens (tertiary/aromatic N) is 4. The third kappa shape index (κ3) is 6.81. The minimum absolute atomic E-state index is 0.0892. The topological polar surface area (TPSA) is 115 Å². The Bertz CT molecular complexity index is 2130. The van der Waals surface area contributed by atoms with Gasteiger partial charge in [-0.25, -0.2) is 13.9 Å². The van der Waals surface area contributed by atoms with Crippen LogP contribution in [0.3, 0.4) is 0 Å². The highest BCUT2D eigenvalue weighted by atomic mass is 35.5. The summed E-state index contributed by atoms with van der Waals surface area (Å²) in [6.07, 6.45) is 4.28. The summed E-state index contributed by atoms with van der Waals surface area (Å²) in [5.41, 5.74) is 4.18. The lowest BCUT2D eigenvalue weighted by molar-refractivity contribution is -0.119. The average molecular weight is 705 g/mol. The largest absolute Gasteiger partial charge is 0.481 e. The van der Waals surface area contributed by atoms with Crippen LogP contribution in [-0.2, 0) is 24.9 Å². The molecule has 0 bridgehead atoms. The van der Waals surface area contributed by atoms with Gasteiger partial charge in [0.1, 0.15) is 17.0 Å². The molecule has 13 heteroatoms. The molecule has 2 fully saturated rings. The van der Waals surface area contributed by atoms with Crippen molar-refractivity contribution in [3.63, 3.8) is 0 Å². The number of hydrogen-bond donors (Lipinski definition) is 3. The van der Waals surface area contributed by atoms with Crippen LogP contribution in [0.2, 0.25) is 10.0 Å². The molecule has 2 aromatic carbocycles. The Balaban J connectivity index is 1.15. The summed E-state index contributed by atoms with van der Waals surface area (Å²) in [5.74, 6) is 1.07. The number of ether oxygens (including phenoxy) is 1. The fourth-order valence-electron chi connectivity index (χ4n) is 6.23. The minimum atomic E-state index is -1.14. The third-order valence-electron chi connectivity index (χ3n) is 9.25. The maximum absolute atomic E-state index is 14.1. The highest BCUT2D eigenvalue weighted by Gasteiger charge is 2.42. The molecule has 1 amide bonds. The summed E-state index contributed by atoms with van der Waals surface area (Å²) >= 11 is 14.2. The number of pyridine rings is 1. The van der Waals surface area contributed by atoms with Gasteiger partial charge in [-0.2, -0.15) is 5.10 Å². The van der Waals surface area contributed by atoms with E-state index in [1.54, 1.807) is 30.9 Å². The van der Waals surface area contributed by atoms with Gasteiger partial charge in [-0.05, 0) is 31.4 Å². The summed E-state index contributed by atoms with van der Waals surface area (Å²) in [7, 11) is 3.25. The van der Waals surface area contributed by atoms with E-state index in [1.807, 2.05) is 48.5 Å². The fourth-order valence-corrected chi connectivity index (χ4v) is 6.89.